The van der Waals surface area contributed by atoms with Gasteiger partial charge in [-0.15, -0.1) is 0 Å². The summed E-state index contributed by atoms with van der Waals surface area (Å²) in [5.41, 5.74) is 2.97. The van der Waals surface area contributed by atoms with Crippen LogP contribution in [0.3, 0.4) is 0 Å². The zero-order valence-corrected chi connectivity index (χ0v) is 17.4. The Balaban J connectivity index is 1.70. The SMILES string of the molecule is C[C@@H]1C(=O)[C@H](C#N)C[C@]2(c3ccccc3)c3nn(C(=O)c4ccccc4)cc3CC[C@@H]12. The second kappa shape index (κ2) is 7.31. The van der Waals surface area contributed by atoms with Crippen LogP contribution in [0.1, 0.15) is 46.9 Å². The van der Waals surface area contributed by atoms with Crippen LogP contribution in [-0.4, -0.2) is 21.5 Å². The van der Waals surface area contributed by atoms with Gasteiger partial charge in [-0.2, -0.15) is 10.4 Å². The molecule has 1 aromatic heterocycles. The Bertz CT molecular complexity index is 1190. The normalized spacial score (nSPS) is 27.1. The highest BCUT2D eigenvalue weighted by molar-refractivity contribution is 5.95. The van der Waals surface area contributed by atoms with E-state index in [2.05, 4.69) is 18.2 Å². The average Bonchev–Trinajstić information content (AvgIpc) is 3.27. The van der Waals surface area contributed by atoms with E-state index in [4.69, 9.17) is 5.10 Å². The molecule has 31 heavy (non-hydrogen) atoms. The summed E-state index contributed by atoms with van der Waals surface area (Å²) in [5.74, 6) is -1.00. The van der Waals surface area contributed by atoms with E-state index < -0.39 is 11.3 Å². The lowest BCUT2D eigenvalue weighted by atomic mass is 9.51. The first-order chi connectivity index (χ1) is 15.1. The van der Waals surface area contributed by atoms with E-state index in [9.17, 15) is 14.9 Å². The van der Waals surface area contributed by atoms with Gasteiger partial charge in [-0.05, 0) is 48.4 Å². The molecule has 2 aromatic carbocycles. The van der Waals surface area contributed by atoms with Crippen LogP contribution in [0.5, 0.6) is 0 Å². The first kappa shape index (κ1) is 19.4. The van der Waals surface area contributed by atoms with Gasteiger partial charge in [0.1, 0.15) is 5.92 Å². The van der Waals surface area contributed by atoms with Gasteiger partial charge in [0.25, 0.3) is 5.91 Å². The fourth-order valence-corrected chi connectivity index (χ4v) is 5.69. The van der Waals surface area contributed by atoms with Crippen LogP contribution in [-0.2, 0) is 16.6 Å². The van der Waals surface area contributed by atoms with Crippen LogP contribution in [0.25, 0.3) is 0 Å². The molecular formula is C26H23N3O2. The van der Waals surface area contributed by atoms with Crippen molar-refractivity contribution in [3.63, 3.8) is 0 Å². The predicted octanol–water partition coefficient (Wildman–Crippen LogP) is 4.17. The fraction of sp³-hybridized carbons (Fsp3) is 0.308. The van der Waals surface area contributed by atoms with E-state index >= 15 is 0 Å². The molecule has 0 radical (unpaired) electrons. The number of hydrogen-bond donors (Lipinski definition) is 0. The lowest BCUT2D eigenvalue weighted by Gasteiger charge is -2.50. The topological polar surface area (TPSA) is 75.8 Å². The monoisotopic (exact) mass is 409 g/mol. The highest BCUT2D eigenvalue weighted by Crippen LogP contribution is 2.55. The fourth-order valence-electron chi connectivity index (χ4n) is 5.69. The minimum absolute atomic E-state index is 0.0299. The number of hydrogen-bond acceptors (Lipinski definition) is 4. The van der Waals surface area contributed by atoms with Crippen LogP contribution in [0.2, 0.25) is 0 Å². The molecule has 0 aliphatic heterocycles. The summed E-state index contributed by atoms with van der Waals surface area (Å²) in [6, 6.07) is 21.4. The quantitative estimate of drug-likeness (QED) is 0.637. The Hall–Kier alpha value is -3.52. The van der Waals surface area contributed by atoms with Gasteiger partial charge in [-0.1, -0.05) is 55.5 Å². The number of fused-ring (bicyclic) bond motifs is 3. The molecule has 5 heteroatoms. The van der Waals surface area contributed by atoms with Crippen molar-refractivity contribution in [1.29, 1.82) is 5.26 Å². The van der Waals surface area contributed by atoms with E-state index in [1.54, 1.807) is 12.1 Å². The summed E-state index contributed by atoms with van der Waals surface area (Å²) >= 11 is 0. The summed E-state index contributed by atoms with van der Waals surface area (Å²) in [5, 5.41) is 14.6. The molecule has 0 unspecified atom stereocenters. The number of Topliss-reactive ketones (excluding diaryl/α,β-unsaturated/α-hetero) is 1. The third-order valence-corrected chi connectivity index (χ3v) is 7.17. The van der Waals surface area contributed by atoms with E-state index in [0.717, 1.165) is 29.7 Å². The van der Waals surface area contributed by atoms with Crippen molar-refractivity contribution in [2.75, 3.05) is 0 Å². The largest absolute Gasteiger partial charge is 0.298 e. The summed E-state index contributed by atoms with van der Waals surface area (Å²) < 4.78 is 1.44. The molecule has 0 bridgehead atoms. The van der Waals surface area contributed by atoms with Crippen molar-refractivity contribution in [2.24, 2.45) is 17.8 Å². The van der Waals surface area contributed by atoms with E-state index in [1.165, 1.54) is 4.68 Å². The van der Waals surface area contributed by atoms with Crippen molar-refractivity contribution in [3.05, 3.63) is 89.2 Å². The first-order valence-corrected chi connectivity index (χ1v) is 10.7. The lowest BCUT2D eigenvalue weighted by molar-refractivity contribution is -0.131. The Morgan fingerprint density at radius 1 is 1.13 bits per heavy atom. The Kier molecular flexibility index (Phi) is 4.59. The van der Waals surface area contributed by atoms with Gasteiger partial charge < -0.3 is 0 Å². The number of aryl methyl sites for hydroxylation is 1. The number of aromatic nitrogens is 2. The number of rotatable bonds is 2. The molecule has 1 fully saturated rings. The number of benzene rings is 2. The second-order valence-corrected chi connectivity index (χ2v) is 8.68. The summed E-state index contributed by atoms with van der Waals surface area (Å²) in [4.78, 5) is 26.0. The maximum absolute atomic E-state index is 13.1. The highest BCUT2D eigenvalue weighted by atomic mass is 16.2. The number of nitrogens with zero attached hydrogens (tertiary/aromatic N) is 3. The molecule has 1 heterocycles. The standard InChI is InChI=1S/C26H23N3O2/c1-17-22-13-12-19-16-29(25(31)18-8-4-2-5-9-18)28-24(19)26(22,14-20(15-27)23(17)30)21-10-6-3-7-11-21/h2-11,16-17,20,22H,12-14H2,1H3/t17-,20-,22-,26+/m0/s1. The molecule has 2 aliphatic carbocycles. The molecule has 0 spiro atoms. The van der Waals surface area contributed by atoms with Gasteiger partial charge in [0.2, 0.25) is 0 Å². The van der Waals surface area contributed by atoms with Crippen molar-refractivity contribution >= 4 is 11.7 Å². The van der Waals surface area contributed by atoms with Crippen molar-refractivity contribution < 1.29 is 9.59 Å². The number of carbonyl (C=O) groups excluding carboxylic acids is 2. The Labute approximate surface area is 181 Å². The van der Waals surface area contributed by atoms with Crippen molar-refractivity contribution in [1.82, 2.24) is 9.78 Å². The summed E-state index contributed by atoms with van der Waals surface area (Å²) in [6.45, 7) is 1.95. The lowest BCUT2D eigenvalue weighted by Crippen LogP contribution is -2.52. The van der Waals surface area contributed by atoms with Crippen LogP contribution in [0.15, 0.2) is 66.9 Å². The number of ketones is 1. The molecular weight excluding hydrogens is 386 g/mol. The maximum Gasteiger partial charge on any atom is 0.278 e. The third-order valence-electron chi connectivity index (χ3n) is 7.17. The highest BCUT2D eigenvalue weighted by Gasteiger charge is 2.56. The van der Waals surface area contributed by atoms with E-state index in [-0.39, 0.29) is 23.5 Å². The number of nitriles is 1. The van der Waals surface area contributed by atoms with Gasteiger partial charge in [0.15, 0.2) is 5.78 Å². The van der Waals surface area contributed by atoms with Gasteiger partial charge in [0, 0.05) is 23.1 Å². The van der Waals surface area contributed by atoms with Crippen molar-refractivity contribution in [2.45, 2.75) is 31.6 Å². The second-order valence-electron chi connectivity index (χ2n) is 8.68. The predicted molar refractivity (Wildman–Crippen MR) is 115 cm³/mol. The summed E-state index contributed by atoms with van der Waals surface area (Å²) in [6.07, 6.45) is 3.85. The number of carbonyl (C=O) groups is 2. The zero-order valence-electron chi connectivity index (χ0n) is 17.4. The van der Waals surface area contributed by atoms with Crippen LogP contribution >= 0.6 is 0 Å². The van der Waals surface area contributed by atoms with Crippen LogP contribution in [0.4, 0.5) is 0 Å². The van der Waals surface area contributed by atoms with Crippen LogP contribution < -0.4 is 0 Å². The molecule has 0 amide bonds. The van der Waals surface area contributed by atoms with Crippen molar-refractivity contribution in [3.8, 4) is 6.07 Å². The Morgan fingerprint density at radius 2 is 1.81 bits per heavy atom. The van der Waals surface area contributed by atoms with E-state index in [0.29, 0.717) is 12.0 Å². The van der Waals surface area contributed by atoms with Gasteiger partial charge in [-0.3, -0.25) is 9.59 Å². The molecule has 1 saturated carbocycles. The molecule has 154 valence electrons. The third kappa shape index (κ3) is 2.86. The zero-order chi connectivity index (χ0) is 21.6. The maximum atomic E-state index is 13.1. The van der Waals surface area contributed by atoms with E-state index in [1.807, 2.05) is 49.5 Å². The van der Waals surface area contributed by atoms with Gasteiger partial charge in [0.05, 0.1) is 11.8 Å². The Morgan fingerprint density at radius 3 is 2.48 bits per heavy atom. The first-order valence-electron chi connectivity index (χ1n) is 10.7. The molecule has 3 aromatic rings. The van der Waals surface area contributed by atoms with Gasteiger partial charge >= 0.3 is 0 Å². The summed E-state index contributed by atoms with van der Waals surface area (Å²) in [7, 11) is 0. The molecule has 5 rings (SSSR count). The average molecular weight is 409 g/mol. The smallest absolute Gasteiger partial charge is 0.278 e. The molecule has 4 atom stereocenters. The molecule has 2 aliphatic rings. The van der Waals surface area contributed by atoms with Gasteiger partial charge in [-0.25, -0.2) is 4.68 Å². The molecule has 0 N–H and O–H groups in total. The minimum atomic E-state index is -0.674. The minimum Gasteiger partial charge on any atom is -0.298 e. The molecule has 5 nitrogen and oxygen atoms in total. The molecule has 0 saturated heterocycles. The van der Waals surface area contributed by atoms with Crippen LogP contribution in [0, 0.1) is 29.1 Å².